The minimum absolute atomic E-state index is 0.126. The van der Waals surface area contributed by atoms with Crippen molar-refractivity contribution in [3.63, 3.8) is 0 Å². The summed E-state index contributed by atoms with van der Waals surface area (Å²) in [7, 11) is -3.61. The third-order valence-electron chi connectivity index (χ3n) is 3.94. The molecular formula is C19H22O4S. The van der Waals surface area contributed by atoms with E-state index in [0.29, 0.717) is 23.9 Å². The van der Waals surface area contributed by atoms with Crippen LogP contribution in [0.4, 0.5) is 0 Å². The summed E-state index contributed by atoms with van der Waals surface area (Å²) in [5, 5.41) is 0. The molecule has 24 heavy (non-hydrogen) atoms. The van der Waals surface area contributed by atoms with Gasteiger partial charge in [0.05, 0.1) is 16.4 Å². The van der Waals surface area contributed by atoms with Gasteiger partial charge in [0.15, 0.2) is 0 Å². The molecule has 1 atom stereocenters. The fourth-order valence-electron chi connectivity index (χ4n) is 2.51. The molecule has 5 heteroatoms. The molecule has 0 bridgehead atoms. The van der Waals surface area contributed by atoms with Crippen LogP contribution in [0.3, 0.4) is 0 Å². The zero-order valence-electron chi connectivity index (χ0n) is 14.2. The van der Waals surface area contributed by atoms with Gasteiger partial charge in [0.25, 0.3) is 0 Å². The average molecular weight is 346 g/mol. The van der Waals surface area contributed by atoms with Crippen molar-refractivity contribution >= 4 is 9.84 Å². The number of epoxide rings is 1. The first kappa shape index (κ1) is 17.0. The molecule has 0 radical (unpaired) electrons. The Morgan fingerprint density at radius 3 is 2.38 bits per heavy atom. The smallest absolute Gasteiger partial charge is 0.207 e. The first-order valence-electron chi connectivity index (χ1n) is 7.97. The molecule has 0 aromatic heterocycles. The maximum atomic E-state index is 13.1. The Kier molecular flexibility index (Phi) is 4.40. The van der Waals surface area contributed by atoms with Crippen LogP contribution in [-0.2, 0) is 20.0 Å². The molecule has 0 amide bonds. The van der Waals surface area contributed by atoms with Gasteiger partial charge in [-0.1, -0.05) is 45.0 Å². The summed E-state index contributed by atoms with van der Waals surface area (Å²) >= 11 is 0. The largest absolute Gasteiger partial charge is 0.491 e. The van der Waals surface area contributed by atoms with E-state index in [2.05, 4.69) is 0 Å². The molecule has 0 spiro atoms. The number of ether oxygens (including phenoxy) is 2. The second-order valence-electron chi connectivity index (χ2n) is 6.99. The van der Waals surface area contributed by atoms with Gasteiger partial charge in [-0.2, -0.15) is 0 Å². The normalized spacial score (nSPS) is 17.5. The van der Waals surface area contributed by atoms with Crippen LogP contribution in [-0.4, -0.2) is 27.7 Å². The van der Waals surface area contributed by atoms with E-state index in [9.17, 15) is 8.42 Å². The molecule has 1 heterocycles. The molecule has 1 aliphatic rings. The Hall–Kier alpha value is -1.85. The lowest BCUT2D eigenvalue weighted by molar-refractivity contribution is 0.262. The molecule has 1 unspecified atom stereocenters. The number of hydrogen-bond donors (Lipinski definition) is 0. The predicted molar refractivity (Wildman–Crippen MR) is 92.3 cm³/mol. The molecule has 128 valence electrons. The zero-order valence-corrected chi connectivity index (χ0v) is 15.0. The van der Waals surface area contributed by atoms with Crippen molar-refractivity contribution in [1.29, 1.82) is 0 Å². The number of sulfone groups is 1. The predicted octanol–water partition coefficient (Wildman–Crippen LogP) is 3.59. The molecule has 3 rings (SSSR count). The van der Waals surface area contributed by atoms with E-state index in [1.807, 2.05) is 32.9 Å². The molecule has 1 fully saturated rings. The fraction of sp³-hybridized carbons (Fsp3) is 0.368. The van der Waals surface area contributed by atoms with E-state index in [4.69, 9.17) is 9.47 Å². The van der Waals surface area contributed by atoms with E-state index < -0.39 is 9.84 Å². The maximum Gasteiger partial charge on any atom is 0.207 e. The minimum Gasteiger partial charge on any atom is -0.491 e. The van der Waals surface area contributed by atoms with E-state index in [-0.39, 0.29) is 16.4 Å². The monoisotopic (exact) mass is 346 g/mol. The van der Waals surface area contributed by atoms with Gasteiger partial charge in [-0.25, -0.2) is 8.42 Å². The van der Waals surface area contributed by atoms with Crippen molar-refractivity contribution in [2.45, 2.75) is 42.1 Å². The Bertz CT molecular complexity index is 816. The summed E-state index contributed by atoms with van der Waals surface area (Å²) < 4.78 is 37.1. The van der Waals surface area contributed by atoms with Gasteiger partial charge in [0.2, 0.25) is 9.84 Å². The third-order valence-corrected chi connectivity index (χ3v) is 5.75. The standard InChI is InChI=1S/C19H22O4S/c1-19(2,3)17-10-9-14(22-12-15-13-23-15)11-18(17)24(20,21)16-7-5-4-6-8-16/h4-11,15H,12-13H2,1-3H3. The van der Waals surface area contributed by atoms with Crippen molar-refractivity contribution in [1.82, 2.24) is 0 Å². The average Bonchev–Trinajstić information content (AvgIpc) is 3.37. The number of benzene rings is 2. The van der Waals surface area contributed by atoms with Gasteiger partial charge in [0.1, 0.15) is 18.5 Å². The molecule has 2 aromatic rings. The maximum absolute atomic E-state index is 13.1. The Labute approximate surface area is 143 Å². The lowest BCUT2D eigenvalue weighted by Crippen LogP contribution is -2.17. The van der Waals surface area contributed by atoms with Crippen LogP contribution >= 0.6 is 0 Å². The van der Waals surface area contributed by atoms with Crippen molar-refractivity contribution in [3.8, 4) is 5.75 Å². The molecule has 2 aromatic carbocycles. The molecule has 1 saturated heterocycles. The van der Waals surface area contributed by atoms with Crippen molar-refractivity contribution < 1.29 is 17.9 Å². The van der Waals surface area contributed by atoms with E-state index >= 15 is 0 Å². The molecular weight excluding hydrogens is 324 g/mol. The highest BCUT2D eigenvalue weighted by atomic mass is 32.2. The number of rotatable bonds is 5. The van der Waals surface area contributed by atoms with Gasteiger partial charge in [-0.05, 0) is 35.2 Å². The van der Waals surface area contributed by atoms with Crippen LogP contribution in [0.15, 0.2) is 58.3 Å². The summed E-state index contributed by atoms with van der Waals surface area (Å²) in [6.45, 7) is 7.16. The summed E-state index contributed by atoms with van der Waals surface area (Å²) in [6, 6.07) is 13.8. The Balaban J connectivity index is 2.06. The highest BCUT2D eigenvalue weighted by Gasteiger charge is 2.28. The lowest BCUT2D eigenvalue weighted by atomic mass is 9.87. The van der Waals surface area contributed by atoms with E-state index in [0.717, 1.165) is 5.56 Å². The summed E-state index contributed by atoms with van der Waals surface area (Å²) in [5.41, 5.74) is 0.483. The van der Waals surface area contributed by atoms with Gasteiger partial charge in [-0.3, -0.25) is 0 Å². The van der Waals surface area contributed by atoms with Gasteiger partial charge in [-0.15, -0.1) is 0 Å². The van der Waals surface area contributed by atoms with Crippen molar-refractivity contribution in [3.05, 3.63) is 54.1 Å². The topological polar surface area (TPSA) is 55.9 Å². The van der Waals surface area contributed by atoms with Crippen LogP contribution in [0.1, 0.15) is 26.3 Å². The van der Waals surface area contributed by atoms with Gasteiger partial charge in [0, 0.05) is 0 Å². The highest BCUT2D eigenvalue weighted by molar-refractivity contribution is 7.91. The molecule has 0 aliphatic carbocycles. The van der Waals surface area contributed by atoms with Crippen LogP contribution < -0.4 is 4.74 Å². The SMILES string of the molecule is CC(C)(C)c1ccc(OCC2CO2)cc1S(=O)(=O)c1ccccc1. The van der Waals surface area contributed by atoms with Crippen LogP contribution in [0.5, 0.6) is 5.75 Å². The second kappa shape index (κ2) is 6.22. The van der Waals surface area contributed by atoms with E-state index in [1.54, 1.807) is 36.4 Å². The Morgan fingerprint density at radius 1 is 1.12 bits per heavy atom. The zero-order chi connectivity index (χ0) is 17.4. The molecule has 0 saturated carbocycles. The van der Waals surface area contributed by atoms with Crippen LogP contribution in [0.2, 0.25) is 0 Å². The molecule has 1 aliphatic heterocycles. The van der Waals surface area contributed by atoms with Gasteiger partial charge < -0.3 is 9.47 Å². The fourth-order valence-corrected chi connectivity index (χ4v) is 4.22. The van der Waals surface area contributed by atoms with Crippen LogP contribution in [0, 0.1) is 0 Å². The first-order valence-corrected chi connectivity index (χ1v) is 9.46. The van der Waals surface area contributed by atoms with Crippen molar-refractivity contribution in [2.24, 2.45) is 0 Å². The number of hydrogen-bond acceptors (Lipinski definition) is 4. The Morgan fingerprint density at radius 2 is 1.79 bits per heavy atom. The quantitative estimate of drug-likeness (QED) is 0.776. The second-order valence-corrected chi connectivity index (χ2v) is 8.91. The van der Waals surface area contributed by atoms with E-state index in [1.165, 1.54) is 0 Å². The first-order chi connectivity index (χ1) is 11.3. The highest BCUT2D eigenvalue weighted by Crippen LogP contribution is 2.35. The molecule has 0 N–H and O–H groups in total. The summed E-state index contributed by atoms with van der Waals surface area (Å²) in [5.74, 6) is 0.549. The molecule has 4 nitrogen and oxygen atoms in total. The van der Waals surface area contributed by atoms with Crippen LogP contribution in [0.25, 0.3) is 0 Å². The lowest BCUT2D eigenvalue weighted by Gasteiger charge is -2.23. The van der Waals surface area contributed by atoms with Gasteiger partial charge >= 0.3 is 0 Å². The summed E-state index contributed by atoms with van der Waals surface area (Å²) in [4.78, 5) is 0.591. The summed E-state index contributed by atoms with van der Waals surface area (Å²) in [6.07, 6.45) is 0.126. The van der Waals surface area contributed by atoms with Crippen molar-refractivity contribution in [2.75, 3.05) is 13.2 Å². The minimum atomic E-state index is -3.61. The third kappa shape index (κ3) is 3.62.